The first-order valence-corrected chi connectivity index (χ1v) is 6.95. The van der Waals surface area contributed by atoms with E-state index in [1.54, 1.807) is 30.7 Å². The van der Waals surface area contributed by atoms with E-state index in [0.29, 0.717) is 17.9 Å². The lowest BCUT2D eigenvalue weighted by atomic mass is 10.1. The summed E-state index contributed by atoms with van der Waals surface area (Å²) in [5.41, 5.74) is 2.90. The van der Waals surface area contributed by atoms with Crippen molar-refractivity contribution in [3.63, 3.8) is 0 Å². The number of carbonyl (C=O) groups is 2. The minimum Gasteiger partial charge on any atom is -0.466 e. The summed E-state index contributed by atoms with van der Waals surface area (Å²) in [5, 5.41) is 0. The Balaban J connectivity index is 2.31. The minimum absolute atomic E-state index is 0.0364. The van der Waals surface area contributed by atoms with E-state index in [1.807, 2.05) is 31.2 Å². The van der Waals surface area contributed by atoms with Crippen molar-refractivity contribution in [2.45, 2.75) is 20.3 Å². The van der Waals surface area contributed by atoms with E-state index in [9.17, 15) is 9.59 Å². The smallest absolute Gasteiger partial charge is 0.311 e. The Kier molecular flexibility index (Phi) is 4.58. The molecule has 0 aliphatic carbocycles. The molecular weight excluding hydrogens is 266 g/mol. The fourth-order valence-corrected chi connectivity index (χ4v) is 2.41. The Bertz CT molecular complexity index is 656. The van der Waals surface area contributed by atoms with Gasteiger partial charge < -0.3 is 9.30 Å². The van der Waals surface area contributed by atoms with Crippen LogP contribution in [0.4, 0.5) is 0 Å². The number of rotatable bonds is 5. The first kappa shape index (κ1) is 15.0. The Morgan fingerprint density at radius 2 is 1.86 bits per heavy atom. The summed E-state index contributed by atoms with van der Waals surface area (Å²) in [4.78, 5) is 24.2. The van der Waals surface area contributed by atoms with Crippen LogP contribution < -0.4 is 0 Å². The van der Waals surface area contributed by atoms with Gasteiger partial charge in [-0.15, -0.1) is 0 Å². The summed E-state index contributed by atoms with van der Waals surface area (Å²) in [6.45, 7) is 4.02. The van der Waals surface area contributed by atoms with Gasteiger partial charge in [-0.05, 0) is 25.5 Å². The predicted molar refractivity (Wildman–Crippen MR) is 80.4 cm³/mol. The Hall–Kier alpha value is -2.36. The molecule has 4 heteroatoms. The molecule has 0 unspecified atom stereocenters. The lowest BCUT2D eigenvalue weighted by molar-refractivity contribution is -0.142. The minimum atomic E-state index is -0.281. The SMILES string of the molecule is CCOC(=O)Cc1cc(C)c(C(=O)c2ccccc2)n1C. The molecule has 0 amide bonds. The van der Waals surface area contributed by atoms with Crippen LogP contribution in [0, 0.1) is 6.92 Å². The van der Waals surface area contributed by atoms with Gasteiger partial charge in [-0.2, -0.15) is 0 Å². The largest absolute Gasteiger partial charge is 0.466 e. The van der Waals surface area contributed by atoms with Crippen LogP contribution in [0.25, 0.3) is 0 Å². The summed E-state index contributed by atoms with van der Waals surface area (Å²) in [7, 11) is 1.80. The molecule has 110 valence electrons. The van der Waals surface area contributed by atoms with Crippen LogP contribution in [0.2, 0.25) is 0 Å². The molecule has 0 spiro atoms. The molecule has 1 heterocycles. The van der Waals surface area contributed by atoms with E-state index < -0.39 is 0 Å². The highest BCUT2D eigenvalue weighted by molar-refractivity contribution is 6.09. The fraction of sp³-hybridized carbons (Fsp3) is 0.294. The number of nitrogens with zero attached hydrogens (tertiary/aromatic N) is 1. The molecule has 0 saturated heterocycles. The van der Waals surface area contributed by atoms with Gasteiger partial charge in [0.2, 0.25) is 5.78 Å². The zero-order valence-corrected chi connectivity index (χ0v) is 12.6. The topological polar surface area (TPSA) is 48.3 Å². The van der Waals surface area contributed by atoms with E-state index in [1.165, 1.54) is 0 Å². The standard InChI is InChI=1S/C17H19NO3/c1-4-21-15(19)11-14-10-12(2)16(18(14)3)17(20)13-8-6-5-7-9-13/h5-10H,4,11H2,1-3H3. The zero-order valence-electron chi connectivity index (χ0n) is 12.6. The third-order valence-corrected chi connectivity index (χ3v) is 3.40. The Labute approximate surface area is 124 Å². The van der Waals surface area contributed by atoms with Crippen LogP contribution in [-0.4, -0.2) is 22.9 Å². The lowest BCUT2D eigenvalue weighted by Crippen LogP contribution is -2.14. The van der Waals surface area contributed by atoms with E-state index in [0.717, 1.165) is 11.3 Å². The van der Waals surface area contributed by atoms with Gasteiger partial charge >= 0.3 is 5.97 Å². The predicted octanol–water partition coefficient (Wildman–Crippen LogP) is 2.67. The highest BCUT2D eigenvalue weighted by atomic mass is 16.5. The number of benzene rings is 1. The molecule has 4 nitrogen and oxygen atoms in total. The molecule has 21 heavy (non-hydrogen) atoms. The Morgan fingerprint density at radius 1 is 1.19 bits per heavy atom. The van der Waals surface area contributed by atoms with Crippen molar-refractivity contribution >= 4 is 11.8 Å². The van der Waals surface area contributed by atoms with Gasteiger partial charge in [-0.1, -0.05) is 30.3 Å². The summed E-state index contributed by atoms with van der Waals surface area (Å²) >= 11 is 0. The molecule has 0 bridgehead atoms. The maximum Gasteiger partial charge on any atom is 0.311 e. The number of aryl methyl sites for hydroxylation is 1. The van der Waals surface area contributed by atoms with Gasteiger partial charge in [0.1, 0.15) is 0 Å². The van der Waals surface area contributed by atoms with E-state index in [2.05, 4.69) is 0 Å². The summed E-state index contributed by atoms with van der Waals surface area (Å²) < 4.78 is 6.74. The highest BCUT2D eigenvalue weighted by Gasteiger charge is 2.19. The molecule has 0 saturated carbocycles. The van der Waals surface area contributed by atoms with Gasteiger partial charge in [0, 0.05) is 18.3 Å². The third kappa shape index (κ3) is 3.21. The van der Waals surface area contributed by atoms with Gasteiger partial charge in [0.05, 0.1) is 18.7 Å². The molecule has 0 N–H and O–H groups in total. The summed E-state index contributed by atoms with van der Waals surface area (Å²) in [6.07, 6.45) is 0.174. The number of aromatic nitrogens is 1. The molecule has 2 aromatic rings. The van der Waals surface area contributed by atoms with Gasteiger partial charge in [0.15, 0.2) is 0 Å². The van der Waals surface area contributed by atoms with Crippen LogP contribution in [-0.2, 0) is 23.0 Å². The van der Waals surface area contributed by atoms with Crippen molar-refractivity contribution in [3.8, 4) is 0 Å². The normalized spacial score (nSPS) is 10.4. The maximum absolute atomic E-state index is 12.6. The highest BCUT2D eigenvalue weighted by Crippen LogP contribution is 2.19. The number of carbonyl (C=O) groups excluding carboxylic acids is 2. The van der Waals surface area contributed by atoms with Crippen LogP contribution in [0.15, 0.2) is 36.4 Å². The number of ketones is 1. The fourth-order valence-electron chi connectivity index (χ4n) is 2.41. The number of esters is 1. The average Bonchev–Trinajstić information content (AvgIpc) is 2.74. The summed E-state index contributed by atoms with van der Waals surface area (Å²) in [5.74, 6) is -0.317. The maximum atomic E-state index is 12.6. The van der Waals surface area contributed by atoms with Crippen molar-refractivity contribution in [2.24, 2.45) is 7.05 Å². The molecule has 0 aliphatic rings. The van der Waals surface area contributed by atoms with E-state index in [4.69, 9.17) is 4.74 Å². The monoisotopic (exact) mass is 285 g/mol. The second-order valence-corrected chi connectivity index (χ2v) is 4.90. The van der Waals surface area contributed by atoms with Crippen molar-refractivity contribution < 1.29 is 14.3 Å². The van der Waals surface area contributed by atoms with Crippen molar-refractivity contribution in [3.05, 3.63) is 58.9 Å². The second kappa shape index (κ2) is 6.39. The molecule has 0 fully saturated rings. The number of hydrogen-bond acceptors (Lipinski definition) is 3. The van der Waals surface area contributed by atoms with Crippen molar-refractivity contribution in [1.29, 1.82) is 0 Å². The Morgan fingerprint density at radius 3 is 2.48 bits per heavy atom. The van der Waals surface area contributed by atoms with Crippen LogP contribution >= 0.6 is 0 Å². The molecule has 1 aromatic heterocycles. The molecule has 0 aliphatic heterocycles. The van der Waals surface area contributed by atoms with Crippen molar-refractivity contribution in [1.82, 2.24) is 4.57 Å². The summed E-state index contributed by atoms with van der Waals surface area (Å²) in [6, 6.07) is 11.0. The van der Waals surface area contributed by atoms with Crippen molar-refractivity contribution in [2.75, 3.05) is 6.61 Å². The quantitative estimate of drug-likeness (QED) is 0.627. The number of ether oxygens (including phenoxy) is 1. The van der Waals surface area contributed by atoms with Gasteiger partial charge in [-0.25, -0.2) is 0 Å². The molecule has 0 radical (unpaired) electrons. The van der Waals surface area contributed by atoms with Gasteiger partial charge in [-0.3, -0.25) is 9.59 Å². The lowest BCUT2D eigenvalue weighted by Gasteiger charge is -2.08. The van der Waals surface area contributed by atoms with Crippen LogP contribution in [0.3, 0.4) is 0 Å². The van der Waals surface area contributed by atoms with E-state index >= 15 is 0 Å². The van der Waals surface area contributed by atoms with Crippen LogP contribution in [0.1, 0.15) is 34.2 Å². The second-order valence-electron chi connectivity index (χ2n) is 4.90. The van der Waals surface area contributed by atoms with E-state index in [-0.39, 0.29) is 18.2 Å². The molecular formula is C17H19NO3. The first-order chi connectivity index (χ1) is 10.0. The zero-order chi connectivity index (χ0) is 15.4. The van der Waals surface area contributed by atoms with Gasteiger partial charge in [0.25, 0.3) is 0 Å². The molecule has 2 rings (SSSR count). The molecule has 0 atom stereocenters. The third-order valence-electron chi connectivity index (χ3n) is 3.40. The number of hydrogen-bond donors (Lipinski definition) is 0. The first-order valence-electron chi connectivity index (χ1n) is 6.95. The van der Waals surface area contributed by atoms with Crippen LogP contribution in [0.5, 0.6) is 0 Å². The average molecular weight is 285 g/mol. The molecule has 1 aromatic carbocycles.